The van der Waals surface area contributed by atoms with E-state index < -0.39 is 15.8 Å². The van der Waals surface area contributed by atoms with Crippen molar-refractivity contribution in [2.75, 3.05) is 18.0 Å². The molecule has 0 fully saturated rings. The number of nitrogens with zero attached hydrogens (tertiary/aromatic N) is 1. The maximum Gasteiger partial charge on any atom is 0.242 e. The molecular formula is C17H19FN2O3S. The van der Waals surface area contributed by atoms with Crippen LogP contribution in [0.3, 0.4) is 0 Å². The van der Waals surface area contributed by atoms with E-state index in [2.05, 4.69) is 4.72 Å². The molecule has 2 aromatic carbocycles. The van der Waals surface area contributed by atoms with Crippen LogP contribution in [0.15, 0.2) is 53.4 Å². The van der Waals surface area contributed by atoms with Gasteiger partial charge in [-0.2, -0.15) is 0 Å². The molecule has 24 heavy (non-hydrogen) atoms. The van der Waals surface area contributed by atoms with E-state index >= 15 is 0 Å². The maximum atomic E-state index is 12.9. The number of nitrogens with one attached hydrogen (secondary N) is 1. The van der Waals surface area contributed by atoms with E-state index in [0.717, 1.165) is 29.8 Å². The summed E-state index contributed by atoms with van der Waals surface area (Å²) in [6.45, 7) is 3.77. The highest BCUT2D eigenvalue weighted by Gasteiger charge is 2.19. The summed E-state index contributed by atoms with van der Waals surface area (Å²) in [4.78, 5) is 13.8. The number of rotatable bonds is 6. The van der Waals surface area contributed by atoms with Gasteiger partial charge < -0.3 is 4.90 Å². The lowest BCUT2D eigenvalue weighted by Crippen LogP contribution is -2.40. The largest absolute Gasteiger partial charge is 0.312 e. The van der Waals surface area contributed by atoms with Crippen molar-refractivity contribution in [1.82, 2.24) is 4.72 Å². The predicted octanol–water partition coefficient (Wildman–Crippen LogP) is 2.47. The standard InChI is InChI=1S/C17H19FN2O3S/c1-3-20(15-6-4-5-13(2)11-15)17(21)12-19-24(22,23)16-9-7-14(18)8-10-16/h4-11,19H,3,12H2,1-2H3. The Morgan fingerprint density at radius 2 is 1.83 bits per heavy atom. The molecule has 0 bridgehead atoms. The van der Waals surface area contributed by atoms with E-state index in [0.29, 0.717) is 12.2 Å². The first-order chi connectivity index (χ1) is 11.3. The van der Waals surface area contributed by atoms with Crippen LogP contribution in [0.2, 0.25) is 0 Å². The van der Waals surface area contributed by atoms with E-state index in [9.17, 15) is 17.6 Å². The zero-order chi connectivity index (χ0) is 17.7. The molecule has 1 amide bonds. The molecule has 0 unspecified atom stereocenters. The fourth-order valence-electron chi connectivity index (χ4n) is 2.25. The number of carbonyl (C=O) groups is 1. The van der Waals surface area contributed by atoms with Crippen LogP contribution in [-0.4, -0.2) is 27.4 Å². The minimum atomic E-state index is -3.87. The fourth-order valence-corrected chi connectivity index (χ4v) is 3.22. The van der Waals surface area contributed by atoms with Gasteiger partial charge in [0, 0.05) is 12.2 Å². The summed E-state index contributed by atoms with van der Waals surface area (Å²) in [6, 6.07) is 11.8. The van der Waals surface area contributed by atoms with Gasteiger partial charge >= 0.3 is 0 Å². The number of sulfonamides is 1. The molecule has 2 aromatic rings. The van der Waals surface area contributed by atoms with E-state index in [1.807, 2.05) is 32.0 Å². The Hall–Kier alpha value is -2.25. The zero-order valence-corrected chi connectivity index (χ0v) is 14.3. The van der Waals surface area contributed by atoms with Crippen molar-refractivity contribution in [3.63, 3.8) is 0 Å². The Morgan fingerprint density at radius 3 is 2.42 bits per heavy atom. The van der Waals surface area contributed by atoms with E-state index in [4.69, 9.17) is 0 Å². The molecule has 0 spiro atoms. The third kappa shape index (κ3) is 4.39. The molecule has 0 saturated heterocycles. The number of hydrogen-bond acceptors (Lipinski definition) is 3. The highest BCUT2D eigenvalue weighted by atomic mass is 32.2. The molecule has 5 nitrogen and oxygen atoms in total. The highest BCUT2D eigenvalue weighted by Crippen LogP contribution is 2.16. The van der Waals surface area contributed by atoms with Crippen LogP contribution in [0.25, 0.3) is 0 Å². The second-order valence-corrected chi connectivity index (χ2v) is 7.02. The molecule has 128 valence electrons. The number of aryl methyl sites for hydroxylation is 1. The fraction of sp³-hybridized carbons (Fsp3) is 0.235. The normalized spacial score (nSPS) is 11.3. The van der Waals surface area contributed by atoms with Crippen LogP contribution in [0.4, 0.5) is 10.1 Å². The first-order valence-corrected chi connectivity index (χ1v) is 8.94. The second kappa shape index (κ2) is 7.55. The average molecular weight is 350 g/mol. The Bertz CT molecular complexity index is 820. The van der Waals surface area contributed by atoms with Crippen LogP contribution in [0.5, 0.6) is 0 Å². The molecule has 0 aliphatic rings. The van der Waals surface area contributed by atoms with Crippen LogP contribution >= 0.6 is 0 Å². The van der Waals surface area contributed by atoms with Crippen LogP contribution in [0.1, 0.15) is 12.5 Å². The van der Waals surface area contributed by atoms with Gasteiger partial charge in [-0.05, 0) is 55.8 Å². The SMILES string of the molecule is CCN(C(=O)CNS(=O)(=O)c1ccc(F)cc1)c1cccc(C)c1. The third-order valence-electron chi connectivity index (χ3n) is 3.47. The molecule has 0 radical (unpaired) electrons. The zero-order valence-electron chi connectivity index (χ0n) is 13.5. The van der Waals surface area contributed by atoms with Gasteiger partial charge in [-0.1, -0.05) is 12.1 Å². The number of carbonyl (C=O) groups excluding carboxylic acids is 1. The van der Waals surface area contributed by atoms with E-state index in [1.54, 1.807) is 6.07 Å². The van der Waals surface area contributed by atoms with E-state index in [-0.39, 0.29) is 17.3 Å². The van der Waals surface area contributed by atoms with Crippen LogP contribution in [-0.2, 0) is 14.8 Å². The van der Waals surface area contributed by atoms with Crippen molar-refractivity contribution in [2.24, 2.45) is 0 Å². The molecule has 1 N–H and O–H groups in total. The Labute approximate surface area is 141 Å². The molecule has 0 aliphatic carbocycles. The summed E-state index contributed by atoms with van der Waals surface area (Å²) in [7, 11) is -3.87. The number of anilines is 1. The first-order valence-electron chi connectivity index (χ1n) is 7.46. The van der Waals surface area contributed by atoms with Crippen LogP contribution in [0, 0.1) is 12.7 Å². The Kier molecular flexibility index (Phi) is 5.69. The van der Waals surface area contributed by atoms with Gasteiger partial charge in [0.1, 0.15) is 5.82 Å². The number of halogens is 1. The molecule has 0 aliphatic heterocycles. The lowest BCUT2D eigenvalue weighted by Gasteiger charge is -2.21. The smallest absolute Gasteiger partial charge is 0.242 e. The van der Waals surface area contributed by atoms with Crippen molar-refractivity contribution in [1.29, 1.82) is 0 Å². The van der Waals surface area contributed by atoms with Crippen molar-refractivity contribution < 1.29 is 17.6 Å². The summed E-state index contributed by atoms with van der Waals surface area (Å²) >= 11 is 0. The predicted molar refractivity (Wildman–Crippen MR) is 90.8 cm³/mol. The molecule has 0 aromatic heterocycles. The summed E-state index contributed by atoms with van der Waals surface area (Å²) in [6.07, 6.45) is 0. The number of amides is 1. The number of likely N-dealkylation sites (N-methyl/N-ethyl adjacent to an activating group) is 1. The van der Waals surface area contributed by atoms with Crippen molar-refractivity contribution in [3.8, 4) is 0 Å². The molecular weight excluding hydrogens is 331 g/mol. The van der Waals surface area contributed by atoms with Crippen molar-refractivity contribution in [3.05, 3.63) is 59.9 Å². The van der Waals surface area contributed by atoms with Gasteiger partial charge in [-0.25, -0.2) is 17.5 Å². The summed E-state index contributed by atoms with van der Waals surface area (Å²) < 4.78 is 39.4. The van der Waals surface area contributed by atoms with E-state index in [1.165, 1.54) is 4.90 Å². The maximum absolute atomic E-state index is 12.9. The third-order valence-corrected chi connectivity index (χ3v) is 4.89. The molecule has 0 atom stereocenters. The first kappa shape index (κ1) is 18.1. The lowest BCUT2D eigenvalue weighted by molar-refractivity contribution is -0.117. The Balaban J connectivity index is 2.09. The van der Waals surface area contributed by atoms with Crippen molar-refractivity contribution in [2.45, 2.75) is 18.7 Å². The number of hydrogen-bond donors (Lipinski definition) is 1. The lowest BCUT2D eigenvalue weighted by atomic mass is 10.2. The molecule has 0 saturated carbocycles. The van der Waals surface area contributed by atoms with Gasteiger partial charge in [0.15, 0.2) is 0 Å². The summed E-state index contributed by atoms with van der Waals surface area (Å²) in [5.41, 5.74) is 1.72. The summed E-state index contributed by atoms with van der Waals surface area (Å²) in [5, 5.41) is 0. The van der Waals surface area contributed by atoms with Crippen molar-refractivity contribution >= 4 is 21.6 Å². The minimum absolute atomic E-state index is 0.0877. The highest BCUT2D eigenvalue weighted by molar-refractivity contribution is 7.89. The monoisotopic (exact) mass is 350 g/mol. The van der Waals surface area contributed by atoms with Gasteiger partial charge in [0.05, 0.1) is 11.4 Å². The van der Waals surface area contributed by atoms with Gasteiger partial charge in [-0.3, -0.25) is 4.79 Å². The van der Waals surface area contributed by atoms with Crippen LogP contribution < -0.4 is 9.62 Å². The molecule has 2 rings (SSSR count). The summed E-state index contributed by atoms with van der Waals surface area (Å²) in [5.74, 6) is -0.893. The Morgan fingerprint density at radius 1 is 1.17 bits per heavy atom. The topological polar surface area (TPSA) is 66.5 Å². The quantitative estimate of drug-likeness (QED) is 0.870. The number of benzene rings is 2. The molecule has 0 heterocycles. The minimum Gasteiger partial charge on any atom is -0.312 e. The average Bonchev–Trinajstić information content (AvgIpc) is 2.54. The molecule has 7 heteroatoms. The van der Waals surface area contributed by atoms with Gasteiger partial charge in [0.2, 0.25) is 15.9 Å². The second-order valence-electron chi connectivity index (χ2n) is 5.26. The van der Waals surface area contributed by atoms with Gasteiger partial charge in [0.25, 0.3) is 0 Å². The van der Waals surface area contributed by atoms with Gasteiger partial charge in [-0.15, -0.1) is 0 Å².